The van der Waals surface area contributed by atoms with Crippen LogP contribution in [0, 0.1) is 5.41 Å². The van der Waals surface area contributed by atoms with Crippen molar-refractivity contribution in [2.75, 3.05) is 6.54 Å². The van der Waals surface area contributed by atoms with Gasteiger partial charge in [-0.2, -0.15) is 0 Å². The number of aliphatic carboxylic acids is 1. The lowest BCUT2D eigenvalue weighted by atomic mass is 9.66. The van der Waals surface area contributed by atoms with Crippen molar-refractivity contribution in [2.24, 2.45) is 5.41 Å². The molecule has 1 heterocycles. The van der Waals surface area contributed by atoms with E-state index in [1.54, 1.807) is 0 Å². The predicted octanol–water partition coefficient (Wildman–Crippen LogP) is 2.04. The van der Waals surface area contributed by atoms with Gasteiger partial charge in [0.2, 0.25) is 0 Å². The molecule has 1 amide bonds. The molecule has 0 atom stereocenters. The lowest BCUT2D eigenvalue weighted by Crippen LogP contribution is -2.43. The molecule has 0 saturated heterocycles. The van der Waals surface area contributed by atoms with E-state index in [1.807, 2.05) is 13.8 Å². The van der Waals surface area contributed by atoms with E-state index >= 15 is 0 Å². The molecule has 110 valence electrons. The standard InChI is InChI=1S/C13H19N3O3S/c1-8(2)10-11(20-16-15-10)12(19)14-7-13(4-3-5-13)6-9(17)18/h8H,3-7H2,1-2H3,(H,14,19)(H,17,18). The number of hydrogen-bond donors (Lipinski definition) is 2. The zero-order chi connectivity index (χ0) is 14.8. The first-order valence-corrected chi connectivity index (χ1v) is 7.53. The van der Waals surface area contributed by atoms with E-state index in [4.69, 9.17) is 5.11 Å². The number of carboxylic acid groups (broad SMARTS) is 1. The monoisotopic (exact) mass is 297 g/mol. The van der Waals surface area contributed by atoms with Crippen LogP contribution in [-0.4, -0.2) is 33.1 Å². The molecular weight excluding hydrogens is 278 g/mol. The molecule has 6 nitrogen and oxygen atoms in total. The lowest BCUT2D eigenvalue weighted by molar-refractivity contribution is -0.141. The van der Waals surface area contributed by atoms with Gasteiger partial charge in [-0.3, -0.25) is 9.59 Å². The largest absolute Gasteiger partial charge is 0.481 e. The third-order valence-corrected chi connectivity index (χ3v) is 4.57. The summed E-state index contributed by atoms with van der Waals surface area (Å²) < 4.78 is 3.83. The minimum absolute atomic E-state index is 0.116. The number of rotatable bonds is 6. The molecule has 1 aliphatic carbocycles. The first-order chi connectivity index (χ1) is 9.43. The van der Waals surface area contributed by atoms with Gasteiger partial charge in [0, 0.05) is 6.54 Å². The summed E-state index contributed by atoms with van der Waals surface area (Å²) in [6.45, 7) is 4.34. The van der Waals surface area contributed by atoms with Crippen molar-refractivity contribution in [3.05, 3.63) is 10.6 Å². The van der Waals surface area contributed by atoms with Gasteiger partial charge in [0.1, 0.15) is 4.88 Å². The van der Waals surface area contributed by atoms with Crippen LogP contribution in [0.2, 0.25) is 0 Å². The van der Waals surface area contributed by atoms with Crippen LogP contribution in [-0.2, 0) is 4.79 Å². The molecule has 0 radical (unpaired) electrons. The Morgan fingerprint density at radius 2 is 2.15 bits per heavy atom. The second kappa shape index (κ2) is 5.87. The molecule has 1 saturated carbocycles. The summed E-state index contributed by atoms with van der Waals surface area (Å²) in [5.74, 6) is -0.854. The van der Waals surface area contributed by atoms with Gasteiger partial charge in [-0.25, -0.2) is 0 Å². The van der Waals surface area contributed by atoms with Crippen LogP contribution in [0.5, 0.6) is 0 Å². The molecule has 0 aliphatic heterocycles. The molecule has 1 aromatic heterocycles. The number of nitrogens with one attached hydrogen (secondary N) is 1. The molecular formula is C13H19N3O3S. The summed E-state index contributed by atoms with van der Waals surface area (Å²) in [7, 11) is 0. The fourth-order valence-corrected chi connectivity index (χ4v) is 3.23. The molecule has 1 fully saturated rings. The van der Waals surface area contributed by atoms with Crippen LogP contribution in [0.25, 0.3) is 0 Å². The van der Waals surface area contributed by atoms with Crippen LogP contribution in [0.15, 0.2) is 0 Å². The summed E-state index contributed by atoms with van der Waals surface area (Å²) >= 11 is 1.09. The van der Waals surface area contributed by atoms with Crippen molar-refractivity contribution < 1.29 is 14.7 Å². The first kappa shape index (κ1) is 14.9. The number of carbonyl (C=O) groups is 2. The molecule has 0 aromatic carbocycles. The molecule has 7 heteroatoms. The average Bonchev–Trinajstić information content (AvgIpc) is 2.80. The number of carboxylic acids is 1. The maximum Gasteiger partial charge on any atom is 0.303 e. The maximum atomic E-state index is 12.2. The molecule has 1 aromatic rings. The Labute approximate surface area is 121 Å². The van der Waals surface area contributed by atoms with Gasteiger partial charge in [-0.05, 0) is 35.7 Å². The topological polar surface area (TPSA) is 92.2 Å². The highest BCUT2D eigenvalue weighted by Gasteiger charge is 2.39. The highest BCUT2D eigenvalue weighted by molar-refractivity contribution is 7.08. The fourth-order valence-electron chi connectivity index (χ4n) is 2.49. The average molecular weight is 297 g/mol. The number of amides is 1. The van der Waals surface area contributed by atoms with Crippen LogP contribution < -0.4 is 5.32 Å². The van der Waals surface area contributed by atoms with Gasteiger partial charge in [-0.1, -0.05) is 24.8 Å². The summed E-state index contributed by atoms with van der Waals surface area (Å²) in [6, 6.07) is 0. The Hall–Kier alpha value is -1.50. The Morgan fingerprint density at radius 3 is 2.65 bits per heavy atom. The summed E-state index contributed by atoms with van der Waals surface area (Å²) in [6.07, 6.45) is 2.86. The Bertz CT molecular complexity index is 509. The van der Waals surface area contributed by atoms with Crippen LogP contribution in [0.1, 0.15) is 60.8 Å². The van der Waals surface area contributed by atoms with E-state index in [-0.39, 0.29) is 23.7 Å². The van der Waals surface area contributed by atoms with E-state index in [0.29, 0.717) is 17.1 Å². The van der Waals surface area contributed by atoms with Gasteiger partial charge in [0.05, 0.1) is 12.1 Å². The van der Waals surface area contributed by atoms with Crippen LogP contribution in [0.3, 0.4) is 0 Å². The normalized spacial score (nSPS) is 16.8. The number of nitrogens with zero attached hydrogens (tertiary/aromatic N) is 2. The lowest BCUT2D eigenvalue weighted by Gasteiger charge is -2.40. The molecule has 2 rings (SSSR count). The van der Waals surface area contributed by atoms with Crippen molar-refractivity contribution in [3.63, 3.8) is 0 Å². The third-order valence-electron chi connectivity index (χ3n) is 3.83. The molecule has 1 aliphatic rings. The molecule has 2 N–H and O–H groups in total. The molecule has 20 heavy (non-hydrogen) atoms. The third kappa shape index (κ3) is 3.15. The number of aromatic nitrogens is 2. The predicted molar refractivity (Wildman–Crippen MR) is 74.9 cm³/mol. The van der Waals surface area contributed by atoms with Crippen molar-refractivity contribution in [2.45, 2.75) is 45.4 Å². The van der Waals surface area contributed by atoms with Gasteiger partial charge in [-0.15, -0.1) is 5.10 Å². The molecule has 0 unspecified atom stereocenters. The van der Waals surface area contributed by atoms with Crippen molar-refractivity contribution in [3.8, 4) is 0 Å². The van der Waals surface area contributed by atoms with E-state index in [9.17, 15) is 9.59 Å². The zero-order valence-electron chi connectivity index (χ0n) is 11.7. The van der Waals surface area contributed by atoms with E-state index < -0.39 is 5.97 Å². The van der Waals surface area contributed by atoms with Crippen molar-refractivity contribution >= 4 is 23.4 Å². The van der Waals surface area contributed by atoms with Crippen LogP contribution >= 0.6 is 11.5 Å². The number of hydrogen-bond acceptors (Lipinski definition) is 5. The minimum Gasteiger partial charge on any atom is -0.481 e. The smallest absolute Gasteiger partial charge is 0.303 e. The first-order valence-electron chi connectivity index (χ1n) is 6.76. The van der Waals surface area contributed by atoms with E-state index in [1.165, 1.54) is 0 Å². The SMILES string of the molecule is CC(C)c1nnsc1C(=O)NCC1(CC(=O)O)CCC1. The summed E-state index contributed by atoms with van der Waals surface area (Å²) in [5.41, 5.74) is 0.436. The van der Waals surface area contributed by atoms with Crippen molar-refractivity contribution in [1.82, 2.24) is 14.9 Å². The Morgan fingerprint density at radius 1 is 1.45 bits per heavy atom. The summed E-state index contributed by atoms with van der Waals surface area (Å²) in [5, 5.41) is 15.8. The number of carbonyl (C=O) groups excluding carboxylic acids is 1. The quantitative estimate of drug-likeness (QED) is 0.838. The van der Waals surface area contributed by atoms with E-state index in [2.05, 4.69) is 14.9 Å². The van der Waals surface area contributed by atoms with Gasteiger partial charge < -0.3 is 10.4 Å². The van der Waals surface area contributed by atoms with Crippen molar-refractivity contribution in [1.29, 1.82) is 0 Å². The Kier molecular flexibility index (Phi) is 4.37. The molecule has 0 spiro atoms. The minimum atomic E-state index is -0.804. The molecule has 0 bridgehead atoms. The second-order valence-electron chi connectivity index (χ2n) is 5.75. The zero-order valence-corrected chi connectivity index (χ0v) is 12.5. The summed E-state index contributed by atoms with van der Waals surface area (Å²) in [4.78, 5) is 23.6. The van der Waals surface area contributed by atoms with E-state index in [0.717, 1.165) is 30.8 Å². The highest BCUT2D eigenvalue weighted by atomic mass is 32.1. The van der Waals surface area contributed by atoms with Gasteiger partial charge in [0.25, 0.3) is 5.91 Å². The van der Waals surface area contributed by atoms with Gasteiger partial charge >= 0.3 is 5.97 Å². The fraction of sp³-hybridized carbons (Fsp3) is 0.692. The van der Waals surface area contributed by atoms with Gasteiger partial charge in [0.15, 0.2) is 0 Å². The van der Waals surface area contributed by atoms with Crippen LogP contribution in [0.4, 0.5) is 0 Å². The Balaban J connectivity index is 1.98. The highest BCUT2D eigenvalue weighted by Crippen LogP contribution is 2.43. The maximum absolute atomic E-state index is 12.2. The second-order valence-corrected chi connectivity index (χ2v) is 6.50.